The van der Waals surface area contributed by atoms with Gasteiger partial charge in [0, 0.05) is 11.8 Å². The van der Waals surface area contributed by atoms with E-state index in [1.54, 1.807) is 0 Å². The summed E-state index contributed by atoms with van der Waals surface area (Å²) in [6.07, 6.45) is 1.10. The lowest BCUT2D eigenvalue weighted by Gasteiger charge is -1.99. The molecular formula is C7H13OP. The molecule has 1 nitrogen and oxygen atoms in total. The van der Waals surface area contributed by atoms with Crippen molar-refractivity contribution < 1.29 is 4.79 Å². The number of rotatable bonds is 2. The molecule has 0 aromatic heterocycles. The molecule has 0 bridgehead atoms. The molecule has 0 aromatic carbocycles. The van der Waals surface area contributed by atoms with Crippen molar-refractivity contribution in [3.8, 4) is 0 Å². The summed E-state index contributed by atoms with van der Waals surface area (Å²) in [4.78, 5) is 11.1. The van der Waals surface area contributed by atoms with Gasteiger partial charge in [-0.25, -0.2) is 0 Å². The van der Waals surface area contributed by atoms with E-state index in [1.807, 2.05) is 13.8 Å². The van der Waals surface area contributed by atoms with Crippen molar-refractivity contribution in [3.05, 3.63) is 0 Å². The standard InChI is InChI=1S/C7H13OP/c1-4(2)7(8)5-3-6(5)9/h4-6H,3,9H2,1-2H3. The van der Waals surface area contributed by atoms with Crippen molar-refractivity contribution in [2.75, 3.05) is 0 Å². The lowest BCUT2D eigenvalue weighted by atomic mass is 10.1. The van der Waals surface area contributed by atoms with E-state index in [-0.39, 0.29) is 5.92 Å². The van der Waals surface area contributed by atoms with Gasteiger partial charge in [-0.3, -0.25) is 4.79 Å². The monoisotopic (exact) mass is 144 g/mol. The molecule has 0 amide bonds. The molecule has 3 unspecified atom stereocenters. The average Bonchev–Trinajstić information content (AvgIpc) is 2.44. The first-order valence-electron chi connectivity index (χ1n) is 3.42. The maximum atomic E-state index is 11.1. The van der Waals surface area contributed by atoms with Gasteiger partial charge in [-0.1, -0.05) is 13.8 Å². The second-order valence-electron chi connectivity index (χ2n) is 3.06. The highest BCUT2D eigenvalue weighted by Crippen LogP contribution is 2.39. The maximum Gasteiger partial charge on any atom is 0.139 e. The smallest absolute Gasteiger partial charge is 0.139 e. The van der Waals surface area contributed by atoms with E-state index in [0.29, 0.717) is 17.4 Å². The molecule has 2 heteroatoms. The first-order chi connectivity index (χ1) is 4.13. The van der Waals surface area contributed by atoms with E-state index in [2.05, 4.69) is 9.24 Å². The van der Waals surface area contributed by atoms with Gasteiger partial charge in [0.25, 0.3) is 0 Å². The Morgan fingerprint density at radius 2 is 2.11 bits per heavy atom. The normalized spacial score (nSPS) is 32.9. The molecular weight excluding hydrogens is 131 g/mol. The summed E-state index contributed by atoms with van der Waals surface area (Å²) < 4.78 is 0. The fourth-order valence-electron chi connectivity index (χ4n) is 0.970. The summed E-state index contributed by atoms with van der Waals surface area (Å²) in [6.45, 7) is 3.94. The molecule has 52 valence electrons. The van der Waals surface area contributed by atoms with E-state index in [0.717, 1.165) is 6.42 Å². The Morgan fingerprint density at radius 1 is 1.67 bits per heavy atom. The van der Waals surface area contributed by atoms with E-state index in [9.17, 15) is 4.79 Å². The fourth-order valence-corrected chi connectivity index (χ4v) is 1.45. The first kappa shape index (κ1) is 7.21. The lowest BCUT2D eigenvalue weighted by Crippen LogP contribution is -2.09. The molecule has 1 aliphatic carbocycles. The molecule has 3 atom stereocenters. The molecule has 0 heterocycles. The highest BCUT2D eigenvalue weighted by Gasteiger charge is 2.39. The number of ketones is 1. The molecule has 0 N–H and O–H groups in total. The molecule has 0 saturated heterocycles. The predicted octanol–water partition coefficient (Wildman–Crippen LogP) is 1.48. The molecule has 0 radical (unpaired) electrons. The molecule has 1 rings (SSSR count). The zero-order valence-electron chi connectivity index (χ0n) is 5.92. The predicted molar refractivity (Wildman–Crippen MR) is 41.5 cm³/mol. The Kier molecular flexibility index (Phi) is 1.91. The molecule has 0 spiro atoms. The van der Waals surface area contributed by atoms with Gasteiger partial charge in [0.2, 0.25) is 0 Å². The van der Waals surface area contributed by atoms with Gasteiger partial charge in [-0.15, -0.1) is 9.24 Å². The second kappa shape index (κ2) is 2.38. The number of hydrogen-bond donors (Lipinski definition) is 0. The minimum Gasteiger partial charge on any atom is -0.299 e. The summed E-state index contributed by atoms with van der Waals surface area (Å²) in [6, 6.07) is 0. The van der Waals surface area contributed by atoms with Crippen LogP contribution in [0.2, 0.25) is 0 Å². The number of Topliss-reactive ketones (excluding diaryl/α,β-unsaturated/α-hetero) is 1. The maximum absolute atomic E-state index is 11.1. The summed E-state index contributed by atoms with van der Waals surface area (Å²) in [7, 11) is 2.70. The van der Waals surface area contributed by atoms with Crippen LogP contribution in [0.1, 0.15) is 20.3 Å². The third-order valence-electron chi connectivity index (χ3n) is 1.77. The van der Waals surface area contributed by atoms with Gasteiger partial charge in [0.1, 0.15) is 5.78 Å². The minimum atomic E-state index is 0.237. The Bertz CT molecular complexity index is 131. The van der Waals surface area contributed by atoms with Crippen LogP contribution in [0.5, 0.6) is 0 Å². The quantitative estimate of drug-likeness (QED) is 0.536. The third kappa shape index (κ3) is 1.52. The third-order valence-corrected chi connectivity index (χ3v) is 2.51. The van der Waals surface area contributed by atoms with Crippen molar-refractivity contribution in [1.29, 1.82) is 0 Å². The average molecular weight is 144 g/mol. The van der Waals surface area contributed by atoms with Crippen molar-refractivity contribution in [3.63, 3.8) is 0 Å². The minimum absolute atomic E-state index is 0.237. The number of hydrogen-bond acceptors (Lipinski definition) is 1. The van der Waals surface area contributed by atoms with Crippen LogP contribution in [0.25, 0.3) is 0 Å². The van der Waals surface area contributed by atoms with E-state index >= 15 is 0 Å². The SMILES string of the molecule is CC(C)C(=O)C1CC1P. The zero-order valence-corrected chi connectivity index (χ0v) is 7.08. The van der Waals surface area contributed by atoms with Gasteiger partial charge in [-0.05, 0) is 12.1 Å². The van der Waals surface area contributed by atoms with Crippen molar-refractivity contribution in [2.24, 2.45) is 11.8 Å². The van der Waals surface area contributed by atoms with Gasteiger partial charge in [-0.2, -0.15) is 0 Å². The van der Waals surface area contributed by atoms with Crippen molar-refractivity contribution in [2.45, 2.75) is 25.9 Å². The van der Waals surface area contributed by atoms with Crippen LogP contribution in [-0.2, 0) is 4.79 Å². The largest absolute Gasteiger partial charge is 0.299 e. The number of carbonyl (C=O) groups is 1. The van der Waals surface area contributed by atoms with Crippen molar-refractivity contribution in [1.82, 2.24) is 0 Å². The van der Waals surface area contributed by atoms with Gasteiger partial charge < -0.3 is 0 Å². The highest BCUT2D eigenvalue weighted by molar-refractivity contribution is 7.18. The van der Waals surface area contributed by atoms with Crippen LogP contribution in [0.3, 0.4) is 0 Å². The Hall–Kier alpha value is 0.100. The fraction of sp³-hybridized carbons (Fsp3) is 0.857. The van der Waals surface area contributed by atoms with Crippen molar-refractivity contribution >= 4 is 15.0 Å². The van der Waals surface area contributed by atoms with Gasteiger partial charge >= 0.3 is 0 Å². The summed E-state index contributed by atoms with van der Waals surface area (Å²) in [5.74, 6) is 1.06. The molecule has 9 heavy (non-hydrogen) atoms. The zero-order chi connectivity index (χ0) is 7.02. The Balaban J connectivity index is 2.36. The van der Waals surface area contributed by atoms with Crippen LogP contribution in [0, 0.1) is 11.8 Å². The van der Waals surface area contributed by atoms with Gasteiger partial charge in [0.15, 0.2) is 0 Å². The molecule has 0 aliphatic heterocycles. The second-order valence-corrected chi connectivity index (χ2v) is 3.92. The summed E-state index contributed by atoms with van der Waals surface area (Å²) >= 11 is 0. The Morgan fingerprint density at radius 3 is 2.22 bits per heavy atom. The first-order valence-corrected chi connectivity index (χ1v) is 4.09. The molecule has 0 aromatic rings. The van der Waals surface area contributed by atoms with E-state index in [4.69, 9.17) is 0 Å². The van der Waals surface area contributed by atoms with E-state index in [1.165, 1.54) is 0 Å². The summed E-state index contributed by atoms with van der Waals surface area (Å²) in [5.41, 5.74) is 0.597. The molecule has 1 aliphatic rings. The lowest BCUT2D eigenvalue weighted by molar-refractivity contribution is -0.123. The van der Waals surface area contributed by atoms with Crippen LogP contribution >= 0.6 is 9.24 Å². The van der Waals surface area contributed by atoms with Crippen LogP contribution < -0.4 is 0 Å². The topological polar surface area (TPSA) is 17.1 Å². The van der Waals surface area contributed by atoms with Crippen LogP contribution in [0.4, 0.5) is 0 Å². The van der Waals surface area contributed by atoms with Gasteiger partial charge in [0.05, 0.1) is 0 Å². The van der Waals surface area contributed by atoms with Crippen LogP contribution in [0.15, 0.2) is 0 Å². The molecule has 1 fully saturated rings. The molecule has 1 saturated carbocycles. The highest BCUT2D eigenvalue weighted by atomic mass is 31.0. The number of carbonyl (C=O) groups excluding carboxylic acids is 1. The van der Waals surface area contributed by atoms with E-state index < -0.39 is 0 Å². The summed E-state index contributed by atoms with van der Waals surface area (Å²) in [5, 5.41) is 0. The Labute approximate surface area is 58.4 Å². The van der Waals surface area contributed by atoms with Crippen LogP contribution in [-0.4, -0.2) is 11.4 Å².